The number of amides is 3. The van der Waals surface area contributed by atoms with Crippen LogP contribution in [0.3, 0.4) is 0 Å². The van der Waals surface area contributed by atoms with E-state index in [1.54, 1.807) is 10.9 Å². The molecule has 2 aromatic rings. The predicted octanol–water partition coefficient (Wildman–Crippen LogP) is 1.83. The molecule has 2 atom stereocenters. The fraction of sp³-hybridized carbons (Fsp3) is 0.353. The Hall–Kier alpha value is -2.83. The summed E-state index contributed by atoms with van der Waals surface area (Å²) in [5, 5.41) is 12.8. The quantitative estimate of drug-likeness (QED) is 0.783. The zero-order chi connectivity index (χ0) is 17.1. The van der Waals surface area contributed by atoms with Gasteiger partial charge in [-0.2, -0.15) is 5.10 Å². The first-order valence-corrected chi connectivity index (χ1v) is 7.98. The molecule has 0 saturated heterocycles. The third-order valence-electron chi connectivity index (χ3n) is 4.00. The molecule has 7 nitrogen and oxygen atoms in total. The summed E-state index contributed by atoms with van der Waals surface area (Å²) in [5.74, 6) is 0.00736. The number of anilines is 1. The standard InChI is InChI=1S/C17H21N5O2/c1-11(10-22-7-3-6-18-22)19-17(24)20-12(2)13-4-5-15-14(8-13)9-16(23)21-15/h3-8,11-12H,9-10H2,1-2H3,(H,21,23)(H2,19,20,24). The second-order valence-corrected chi connectivity index (χ2v) is 6.11. The van der Waals surface area contributed by atoms with E-state index in [2.05, 4.69) is 21.0 Å². The van der Waals surface area contributed by atoms with Crippen molar-refractivity contribution in [1.82, 2.24) is 20.4 Å². The van der Waals surface area contributed by atoms with Crippen molar-refractivity contribution in [3.05, 3.63) is 47.8 Å². The molecule has 2 heterocycles. The molecule has 1 aliphatic heterocycles. The van der Waals surface area contributed by atoms with Crippen LogP contribution in [0, 0.1) is 0 Å². The highest BCUT2D eigenvalue weighted by Gasteiger charge is 2.19. The zero-order valence-electron chi connectivity index (χ0n) is 13.7. The highest BCUT2D eigenvalue weighted by atomic mass is 16.2. The molecule has 2 unspecified atom stereocenters. The molecule has 0 aliphatic carbocycles. The summed E-state index contributed by atoms with van der Waals surface area (Å²) in [7, 11) is 0. The minimum atomic E-state index is -0.225. The van der Waals surface area contributed by atoms with Gasteiger partial charge in [0, 0.05) is 24.1 Å². The van der Waals surface area contributed by atoms with E-state index >= 15 is 0 Å². The van der Waals surface area contributed by atoms with Crippen molar-refractivity contribution in [3.63, 3.8) is 0 Å². The number of benzene rings is 1. The predicted molar refractivity (Wildman–Crippen MR) is 90.5 cm³/mol. The number of urea groups is 1. The highest BCUT2D eigenvalue weighted by molar-refractivity contribution is 5.99. The van der Waals surface area contributed by atoms with Gasteiger partial charge in [-0.15, -0.1) is 0 Å². The zero-order valence-corrected chi connectivity index (χ0v) is 13.7. The smallest absolute Gasteiger partial charge is 0.315 e. The van der Waals surface area contributed by atoms with Crippen LogP contribution in [0.4, 0.5) is 10.5 Å². The number of nitrogens with zero attached hydrogens (tertiary/aromatic N) is 2. The number of carbonyl (C=O) groups is 2. The topological polar surface area (TPSA) is 88.1 Å². The lowest BCUT2D eigenvalue weighted by Gasteiger charge is -2.19. The first kappa shape index (κ1) is 16.0. The second-order valence-electron chi connectivity index (χ2n) is 6.11. The minimum absolute atomic E-state index is 0.00736. The van der Waals surface area contributed by atoms with Crippen LogP contribution in [0.5, 0.6) is 0 Å². The monoisotopic (exact) mass is 327 g/mol. The van der Waals surface area contributed by atoms with Gasteiger partial charge in [0.15, 0.2) is 0 Å². The first-order valence-electron chi connectivity index (χ1n) is 7.98. The van der Waals surface area contributed by atoms with E-state index < -0.39 is 0 Å². The van der Waals surface area contributed by atoms with Gasteiger partial charge in [-0.05, 0) is 37.1 Å². The molecule has 0 bridgehead atoms. The largest absolute Gasteiger partial charge is 0.334 e. The van der Waals surface area contributed by atoms with Gasteiger partial charge < -0.3 is 16.0 Å². The summed E-state index contributed by atoms with van der Waals surface area (Å²) < 4.78 is 1.78. The lowest BCUT2D eigenvalue weighted by atomic mass is 10.0. The number of hydrogen-bond donors (Lipinski definition) is 3. The Morgan fingerprint density at radius 3 is 2.96 bits per heavy atom. The summed E-state index contributed by atoms with van der Waals surface area (Å²) >= 11 is 0. The van der Waals surface area contributed by atoms with Crippen LogP contribution in [0.1, 0.15) is 31.0 Å². The molecule has 1 aromatic heterocycles. The van der Waals surface area contributed by atoms with Gasteiger partial charge in [-0.25, -0.2) is 4.79 Å². The van der Waals surface area contributed by atoms with E-state index in [4.69, 9.17) is 0 Å². The first-order chi connectivity index (χ1) is 11.5. The average Bonchev–Trinajstić information content (AvgIpc) is 3.13. The molecule has 126 valence electrons. The van der Waals surface area contributed by atoms with Gasteiger partial charge in [0.05, 0.1) is 19.0 Å². The molecule has 3 amide bonds. The molecule has 1 aliphatic rings. The maximum atomic E-state index is 12.1. The molecule has 3 N–H and O–H groups in total. The maximum Gasteiger partial charge on any atom is 0.315 e. The van der Waals surface area contributed by atoms with Crippen LogP contribution in [-0.4, -0.2) is 27.8 Å². The van der Waals surface area contributed by atoms with Gasteiger partial charge in [-0.3, -0.25) is 9.48 Å². The fourth-order valence-electron chi connectivity index (χ4n) is 2.80. The molecular weight excluding hydrogens is 306 g/mol. The van der Waals surface area contributed by atoms with Gasteiger partial charge in [-0.1, -0.05) is 12.1 Å². The number of aromatic nitrogens is 2. The molecule has 0 spiro atoms. The Morgan fingerprint density at radius 2 is 2.21 bits per heavy atom. The normalized spacial score (nSPS) is 15.3. The lowest BCUT2D eigenvalue weighted by Crippen LogP contribution is -2.43. The van der Waals surface area contributed by atoms with E-state index in [-0.39, 0.29) is 24.0 Å². The van der Waals surface area contributed by atoms with Crippen molar-refractivity contribution in [3.8, 4) is 0 Å². The van der Waals surface area contributed by atoms with Crippen molar-refractivity contribution in [2.24, 2.45) is 0 Å². The van der Waals surface area contributed by atoms with Gasteiger partial charge in [0.1, 0.15) is 0 Å². The Balaban J connectivity index is 1.54. The Labute approximate surface area is 140 Å². The third-order valence-corrected chi connectivity index (χ3v) is 4.00. The third kappa shape index (κ3) is 3.73. The van der Waals surface area contributed by atoms with Crippen LogP contribution < -0.4 is 16.0 Å². The molecule has 3 rings (SSSR count). The van der Waals surface area contributed by atoms with Gasteiger partial charge in [0.2, 0.25) is 5.91 Å². The molecule has 24 heavy (non-hydrogen) atoms. The van der Waals surface area contributed by atoms with E-state index in [1.165, 1.54) is 0 Å². The van der Waals surface area contributed by atoms with E-state index in [0.717, 1.165) is 16.8 Å². The Morgan fingerprint density at radius 1 is 1.38 bits per heavy atom. The van der Waals surface area contributed by atoms with Crippen LogP contribution in [0.2, 0.25) is 0 Å². The van der Waals surface area contributed by atoms with Crippen LogP contribution in [0.15, 0.2) is 36.7 Å². The molecular formula is C17H21N5O2. The van der Waals surface area contributed by atoms with E-state index in [1.807, 2.05) is 44.3 Å². The number of nitrogens with one attached hydrogen (secondary N) is 3. The maximum absolute atomic E-state index is 12.1. The summed E-state index contributed by atoms with van der Waals surface area (Å²) in [4.78, 5) is 23.5. The average molecular weight is 327 g/mol. The molecule has 1 aromatic carbocycles. The van der Waals surface area contributed by atoms with Crippen molar-refractivity contribution in [2.75, 3.05) is 5.32 Å². The highest BCUT2D eigenvalue weighted by Crippen LogP contribution is 2.26. The molecule has 7 heteroatoms. The van der Waals surface area contributed by atoms with E-state index in [0.29, 0.717) is 13.0 Å². The summed E-state index contributed by atoms with van der Waals surface area (Å²) in [6.45, 7) is 4.46. The van der Waals surface area contributed by atoms with Crippen molar-refractivity contribution in [2.45, 2.75) is 38.9 Å². The number of fused-ring (bicyclic) bond motifs is 1. The fourth-order valence-corrected chi connectivity index (χ4v) is 2.80. The van der Waals surface area contributed by atoms with Crippen LogP contribution in [-0.2, 0) is 17.8 Å². The van der Waals surface area contributed by atoms with Crippen molar-refractivity contribution in [1.29, 1.82) is 0 Å². The van der Waals surface area contributed by atoms with Gasteiger partial charge >= 0.3 is 6.03 Å². The van der Waals surface area contributed by atoms with Gasteiger partial charge in [0.25, 0.3) is 0 Å². The molecule has 0 fully saturated rings. The molecule has 0 radical (unpaired) electrons. The Bertz CT molecular complexity index is 741. The number of carbonyl (C=O) groups excluding carboxylic acids is 2. The molecule has 0 saturated carbocycles. The van der Waals surface area contributed by atoms with Crippen molar-refractivity contribution < 1.29 is 9.59 Å². The second kappa shape index (κ2) is 6.74. The summed E-state index contributed by atoms with van der Waals surface area (Å²) in [6.07, 6.45) is 3.96. The summed E-state index contributed by atoms with van der Waals surface area (Å²) in [6, 6.07) is 7.20. The van der Waals surface area contributed by atoms with E-state index in [9.17, 15) is 9.59 Å². The SMILES string of the molecule is CC(Cn1cccn1)NC(=O)NC(C)c1ccc2c(c1)CC(=O)N2. The Kier molecular flexibility index (Phi) is 4.50. The van der Waals surface area contributed by atoms with Crippen molar-refractivity contribution >= 4 is 17.6 Å². The minimum Gasteiger partial charge on any atom is -0.334 e. The lowest BCUT2D eigenvalue weighted by molar-refractivity contribution is -0.115. The van der Waals surface area contributed by atoms with Crippen LogP contribution >= 0.6 is 0 Å². The summed E-state index contributed by atoms with van der Waals surface area (Å²) in [5.41, 5.74) is 2.80. The number of rotatable bonds is 5. The number of hydrogen-bond acceptors (Lipinski definition) is 3. The van der Waals surface area contributed by atoms with Crippen LogP contribution in [0.25, 0.3) is 0 Å².